The molecule has 2 aliphatic rings. The van der Waals surface area contributed by atoms with Gasteiger partial charge in [0.05, 0.1) is 16.3 Å². The first-order valence-electron chi connectivity index (χ1n) is 11.7. The maximum atomic E-state index is 12.8. The molecule has 0 amide bonds. The Morgan fingerprint density at radius 1 is 0.909 bits per heavy atom. The summed E-state index contributed by atoms with van der Waals surface area (Å²) >= 11 is 0. The molecule has 1 fully saturated rings. The molecule has 7 nitrogen and oxygen atoms in total. The normalized spacial score (nSPS) is 17.0. The van der Waals surface area contributed by atoms with Crippen molar-refractivity contribution in [1.29, 1.82) is 0 Å². The molecule has 2 aliphatic heterocycles. The number of sulfone groups is 1. The van der Waals surface area contributed by atoms with E-state index in [2.05, 4.69) is 14.8 Å². The van der Waals surface area contributed by atoms with Gasteiger partial charge in [0.15, 0.2) is 15.7 Å². The fourth-order valence-corrected chi connectivity index (χ4v) is 5.94. The highest BCUT2D eigenvalue weighted by atomic mass is 32.2. The quantitative estimate of drug-likeness (QED) is 0.555. The molecule has 0 radical (unpaired) electrons. The van der Waals surface area contributed by atoms with E-state index in [1.165, 1.54) is 19.3 Å². The zero-order valence-electron chi connectivity index (χ0n) is 18.7. The first-order chi connectivity index (χ1) is 16.1. The van der Waals surface area contributed by atoms with Crippen molar-refractivity contribution in [3.63, 3.8) is 0 Å². The molecule has 8 heteroatoms. The van der Waals surface area contributed by atoms with Crippen LogP contribution in [0.5, 0.6) is 0 Å². The maximum absolute atomic E-state index is 12.8. The van der Waals surface area contributed by atoms with Gasteiger partial charge in [0.1, 0.15) is 5.82 Å². The zero-order chi connectivity index (χ0) is 22.7. The molecule has 0 spiro atoms. The largest absolute Gasteiger partial charge is 0.356 e. The van der Waals surface area contributed by atoms with Crippen LogP contribution in [0.25, 0.3) is 11.4 Å². The summed E-state index contributed by atoms with van der Waals surface area (Å²) in [6.07, 6.45) is 7.94. The minimum Gasteiger partial charge on any atom is -0.356 e. The molecule has 0 atom stereocenters. The van der Waals surface area contributed by atoms with Crippen molar-refractivity contribution >= 4 is 15.7 Å². The Bertz CT molecular complexity index is 1200. The lowest BCUT2D eigenvalue weighted by Gasteiger charge is -2.34. The van der Waals surface area contributed by atoms with Gasteiger partial charge in [0.2, 0.25) is 0 Å². The van der Waals surface area contributed by atoms with E-state index in [0.717, 1.165) is 54.5 Å². The molecule has 4 heterocycles. The molecular formula is C25H29N5O2S. The van der Waals surface area contributed by atoms with Crippen molar-refractivity contribution in [2.45, 2.75) is 37.1 Å². The van der Waals surface area contributed by atoms with Gasteiger partial charge in [-0.3, -0.25) is 9.88 Å². The lowest BCUT2D eigenvalue weighted by Crippen LogP contribution is -2.38. The van der Waals surface area contributed by atoms with Crippen LogP contribution in [0.3, 0.4) is 0 Å². The third-order valence-corrected chi connectivity index (χ3v) is 8.18. The predicted octanol–water partition coefficient (Wildman–Crippen LogP) is 3.36. The third kappa shape index (κ3) is 4.91. The molecule has 5 rings (SSSR count). The number of pyridine rings is 1. The first kappa shape index (κ1) is 22.0. The summed E-state index contributed by atoms with van der Waals surface area (Å²) in [4.78, 5) is 19.1. The number of hydrogen-bond donors (Lipinski definition) is 0. The smallest absolute Gasteiger partial charge is 0.179 e. The van der Waals surface area contributed by atoms with Gasteiger partial charge in [0, 0.05) is 62.7 Å². The van der Waals surface area contributed by atoms with E-state index in [1.54, 1.807) is 30.5 Å². The number of rotatable bonds is 6. The van der Waals surface area contributed by atoms with Crippen molar-refractivity contribution in [3.8, 4) is 11.4 Å². The Morgan fingerprint density at radius 3 is 2.48 bits per heavy atom. The molecule has 2 aromatic heterocycles. The van der Waals surface area contributed by atoms with Crippen LogP contribution in [0, 0.1) is 0 Å². The maximum Gasteiger partial charge on any atom is 0.179 e. The SMILES string of the molecule is O=S(=O)(CCN1CCc2nc(-c3cccnc3)nc(N3CCCCC3)c2C1)c1ccccc1. The van der Waals surface area contributed by atoms with Gasteiger partial charge in [-0.2, -0.15) is 0 Å². The minimum absolute atomic E-state index is 0.111. The number of fused-ring (bicyclic) bond motifs is 1. The van der Waals surface area contributed by atoms with Gasteiger partial charge in [-0.05, 0) is 43.5 Å². The minimum atomic E-state index is -3.30. The van der Waals surface area contributed by atoms with Gasteiger partial charge in [-0.1, -0.05) is 18.2 Å². The zero-order valence-corrected chi connectivity index (χ0v) is 19.5. The summed E-state index contributed by atoms with van der Waals surface area (Å²) < 4.78 is 25.5. The number of nitrogens with zero attached hydrogens (tertiary/aromatic N) is 5. The lowest BCUT2D eigenvalue weighted by molar-refractivity contribution is 0.266. The van der Waals surface area contributed by atoms with Crippen LogP contribution < -0.4 is 4.90 Å². The fourth-order valence-electron chi connectivity index (χ4n) is 4.63. The van der Waals surface area contributed by atoms with Crippen LogP contribution in [-0.2, 0) is 22.8 Å². The third-order valence-electron chi connectivity index (χ3n) is 6.47. The summed E-state index contributed by atoms with van der Waals surface area (Å²) in [5.41, 5.74) is 3.15. The molecule has 3 aromatic rings. The van der Waals surface area contributed by atoms with Gasteiger partial charge < -0.3 is 4.90 Å². The second-order valence-corrected chi connectivity index (χ2v) is 10.9. The molecule has 0 N–H and O–H groups in total. The summed E-state index contributed by atoms with van der Waals surface area (Å²) in [5.74, 6) is 1.84. The molecular weight excluding hydrogens is 434 g/mol. The van der Waals surface area contributed by atoms with Crippen molar-refractivity contribution in [2.24, 2.45) is 0 Å². The number of benzene rings is 1. The summed E-state index contributed by atoms with van der Waals surface area (Å²) in [6, 6.07) is 12.6. The standard InChI is InChI=1S/C25H29N5O2S/c31-33(32,21-9-3-1-4-10-21)17-16-29-15-11-23-22(19-29)25(30-13-5-2-6-14-30)28-24(27-23)20-8-7-12-26-18-20/h1,3-4,7-10,12,18H,2,5-6,11,13-17,19H2. The molecule has 0 unspecified atom stereocenters. The number of anilines is 1. The Hall–Kier alpha value is -2.84. The highest BCUT2D eigenvalue weighted by Gasteiger charge is 2.27. The summed E-state index contributed by atoms with van der Waals surface area (Å²) in [7, 11) is -3.30. The Balaban J connectivity index is 1.40. The fraction of sp³-hybridized carbons (Fsp3) is 0.400. The second-order valence-electron chi connectivity index (χ2n) is 8.74. The highest BCUT2D eigenvalue weighted by molar-refractivity contribution is 7.91. The van der Waals surface area contributed by atoms with Gasteiger partial charge in [-0.15, -0.1) is 0 Å². The van der Waals surface area contributed by atoms with Crippen LogP contribution >= 0.6 is 0 Å². The monoisotopic (exact) mass is 463 g/mol. The Kier molecular flexibility index (Phi) is 6.37. The Labute approximate surface area is 195 Å². The van der Waals surface area contributed by atoms with Crippen LogP contribution in [0.15, 0.2) is 59.8 Å². The molecule has 0 bridgehead atoms. The first-order valence-corrected chi connectivity index (χ1v) is 13.3. The van der Waals surface area contributed by atoms with E-state index in [1.807, 2.05) is 24.4 Å². The molecule has 33 heavy (non-hydrogen) atoms. The van der Waals surface area contributed by atoms with E-state index in [-0.39, 0.29) is 5.75 Å². The van der Waals surface area contributed by atoms with Crippen molar-refractivity contribution in [2.75, 3.05) is 36.8 Å². The topological polar surface area (TPSA) is 79.3 Å². The molecule has 172 valence electrons. The number of piperidine rings is 1. The summed E-state index contributed by atoms with van der Waals surface area (Å²) in [5, 5.41) is 0. The average Bonchev–Trinajstić information content (AvgIpc) is 2.88. The van der Waals surface area contributed by atoms with Crippen molar-refractivity contribution in [3.05, 3.63) is 66.1 Å². The highest BCUT2D eigenvalue weighted by Crippen LogP contribution is 2.31. The van der Waals surface area contributed by atoms with E-state index in [9.17, 15) is 8.42 Å². The van der Waals surface area contributed by atoms with Gasteiger partial charge >= 0.3 is 0 Å². The van der Waals surface area contributed by atoms with Crippen LogP contribution in [0.4, 0.5) is 5.82 Å². The Morgan fingerprint density at radius 2 is 1.73 bits per heavy atom. The molecule has 1 saturated heterocycles. The summed E-state index contributed by atoms with van der Waals surface area (Å²) in [6.45, 7) is 3.97. The van der Waals surface area contributed by atoms with Crippen molar-refractivity contribution in [1.82, 2.24) is 19.9 Å². The number of hydrogen-bond acceptors (Lipinski definition) is 7. The average molecular weight is 464 g/mol. The van der Waals surface area contributed by atoms with Gasteiger partial charge in [-0.25, -0.2) is 18.4 Å². The van der Waals surface area contributed by atoms with E-state index >= 15 is 0 Å². The predicted molar refractivity (Wildman–Crippen MR) is 129 cm³/mol. The lowest BCUT2D eigenvalue weighted by atomic mass is 10.0. The van der Waals surface area contributed by atoms with Crippen LogP contribution in [-0.4, -0.2) is 60.2 Å². The van der Waals surface area contributed by atoms with Crippen LogP contribution in [0.2, 0.25) is 0 Å². The van der Waals surface area contributed by atoms with Crippen molar-refractivity contribution < 1.29 is 8.42 Å². The van der Waals surface area contributed by atoms with E-state index < -0.39 is 9.84 Å². The van der Waals surface area contributed by atoms with E-state index in [0.29, 0.717) is 18.0 Å². The number of aromatic nitrogens is 3. The molecule has 0 aliphatic carbocycles. The van der Waals surface area contributed by atoms with Crippen LogP contribution in [0.1, 0.15) is 30.5 Å². The molecule has 0 saturated carbocycles. The van der Waals surface area contributed by atoms with Gasteiger partial charge in [0.25, 0.3) is 0 Å². The second kappa shape index (κ2) is 9.57. The van der Waals surface area contributed by atoms with E-state index in [4.69, 9.17) is 9.97 Å². The molecule has 1 aromatic carbocycles.